The lowest BCUT2D eigenvalue weighted by atomic mass is 9.49. The van der Waals surface area contributed by atoms with Gasteiger partial charge in [0.1, 0.15) is 42.7 Å². The highest BCUT2D eigenvalue weighted by Crippen LogP contribution is 2.61. The van der Waals surface area contributed by atoms with E-state index in [0.29, 0.717) is 5.92 Å². The molecule has 2 saturated heterocycles. The second-order valence-corrected chi connectivity index (χ2v) is 13.4. The fourth-order valence-corrected chi connectivity index (χ4v) is 8.04. The molecule has 1 aromatic rings. The van der Waals surface area contributed by atoms with Crippen molar-refractivity contribution < 1.29 is 54.0 Å². The molecule has 0 spiro atoms. The topological polar surface area (TPSA) is 171 Å². The van der Waals surface area contributed by atoms with Crippen molar-refractivity contribution in [1.82, 2.24) is 0 Å². The van der Waals surface area contributed by atoms with Crippen LogP contribution in [0.2, 0.25) is 0 Å². The molecule has 0 aromatic carbocycles. The van der Waals surface area contributed by atoms with Crippen molar-refractivity contribution in [2.24, 2.45) is 16.7 Å². The third-order valence-corrected chi connectivity index (χ3v) is 10.5. The van der Waals surface area contributed by atoms with Gasteiger partial charge in [-0.25, -0.2) is 0 Å². The number of fused-ring (bicyclic) bond motifs is 1. The number of rotatable bonds is 8. The summed E-state index contributed by atoms with van der Waals surface area (Å²) >= 11 is 0. The second kappa shape index (κ2) is 12.5. The summed E-state index contributed by atoms with van der Waals surface area (Å²) in [5.41, 5.74) is 3.91. The van der Waals surface area contributed by atoms with Crippen molar-refractivity contribution in [2.75, 3.05) is 13.2 Å². The molecule has 4 aliphatic rings. The van der Waals surface area contributed by atoms with E-state index in [4.69, 9.17) is 23.4 Å². The average Bonchev–Trinajstić information content (AvgIpc) is 3.47. The first-order valence-corrected chi connectivity index (χ1v) is 15.2. The number of ether oxygens (including phenoxy) is 4. The molecular formula is C31H48O11. The Kier molecular flexibility index (Phi) is 9.57. The number of hydrogen-bond donors (Lipinski definition) is 6. The SMILES string of the molecule is CC1=C(CCc2ccoc2)[C@@]2(C)CCC(O[C@@H]3OC[C@@H](O)[C@H](O)[C@H]3O[C@@H]3O[C@H](CO)[C@@H](O)[C@H](O)[C@H]3O)C(C)(C)[C@@H]2CC1. The molecule has 3 heterocycles. The van der Waals surface area contributed by atoms with Gasteiger partial charge >= 0.3 is 0 Å². The van der Waals surface area contributed by atoms with E-state index in [1.165, 1.54) is 16.7 Å². The predicted octanol–water partition coefficient (Wildman–Crippen LogP) is 1.41. The molecule has 1 aromatic heterocycles. The normalized spacial score (nSPS) is 44.2. The minimum Gasteiger partial charge on any atom is -0.472 e. The molecule has 3 fully saturated rings. The Labute approximate surface area is 247 Å². The lowest BCUT2D eigenvalue weighted by Crippen LogP contribution is -2.63. The van der Waals surface area contributed by atoms with Crippen LogP contribution < -0.4 is 0 Å². The molecule has 5 rings (SSSR count). The van der Waals surface area contributed by atoms with Crippen LogP contribution >= 0.6 is 0 Å². The highest BCUT2D eigenvalue weighted by atomic mass is 16.8. The Morgan fingerprint density at radius 3 is 2.38 bits per heavy atom. The van der Waals surface area contributed by atoms with Crippen molar-refractivity contribution in [3.8, 4) is 0 Å². The van der Waals surface area contributed by atoms with Crippen molar-refractivity contribution in [2.45, 2.75) is 128 Å². The maximum Gasteiger partial charge on any atom is 0.187 e. The Morgan fingerprint density at radius 1 is 0.929 bits per heavy atom. The molecule has 11 heteroatoms. The molecule has 11 nitrogen and oxygen atoms in total. The molecular weight excluding hydrogens is 548 g/mol. The zero-order valence-electron chi connectivity index (χ0n) is 25.0. The molecule has 0 radical (unpaired) electrons. The van der Waals surface area contributed by atoms with E-state index in [1.807, 2.05) is 12.3 Å². The summed E-state index contributed by atoms with van der Waals surface area (Å²) in [4.78, 5) is 0. The quantitative estimate of drug-likeness (QED) is 0.240. The van der Waals surface area contributed by atoms with Crippen molar-refractivity contribution in [1.29, 1.82) is 0 Å². The van der Waals surface area contributed by atoms with Gasteiger partial charge in [0, 0.05) is 0 Å². The van der Waals surface area contributed by atoms with Crippen molar-refractivity contribution >= 4 is 0 Å². The first-order valence-electron chi connectivity index (χ1n) is 15.2. The lowest BCUT2D eigenvalue weighted by Gasteiger charge is -2.58. The fourth-order valence-electron chi connectivity index (χ4n) is 8.04. The standard InChI is InChI=1S/C31H48O11/c1-16-5-8-21-30(2,3)22(9-11-31(21,4)18(16)7-6-17-10-12-38-14-17)41-29-27(23(34)19(33)15-39-29)42-28-26(37)25(36)24(35)20(13-32)40-28/h10,12,14,19-29,32-37H,5-9,11,13,15H2,1-4H3/t19-,20-,21+,22?,23+,24-,25+,26-,27-,28+,29+,31-/m1/s1. The molecule has 0 bridgehead atoms. The summed E-state index contributed by atoms with van der Waals surface area (Å²) in [6, 6.07) is 2.02. The van der Waals surface area contributed by atoms with Gasteiger partial charge in [-0.15, -0.1) is 0 Å². The van der Waals surface area contributed by atoms with Gasteiger partial charge in [0.25, 0.3) is 0 Å². The Morgan fingerprint density at radius 2 is 1.69 bits per heavy atom. The largest absolute Gasteiger partial charge is 0.472 e. The number of aliphatic hydroxyl groups is 6. The van der Waals surface area contributed by atoms with Crippen molar-refractivity contribution in [3.05, 3.63) is 35.3 Å². The van der Waals surface area contributed by atoms with Crippen LogP contribution in [-0.4, -0.2) is 105 Å². The summed E-state index contributed by atoms with van der Waals surface area (Å²) in [6.45, 7) is 8.28. The lowest BCUT2D eigenvalue weighted by molar-refractivity contribution is -0.365. The van der Waals surface area contributed by atoms with Crippen LogP contribution in [0.15, 0.2) is 34.2 Å². The monoisotopic (exact) mass is 596 g/mol. The van der Waals surface area contributed by atoms with Gasteiger partial charge in [-0.2, -0.15) is 0 Å². The number of aryl methyl sites for hydroxylation is 1. The number of aliphatic hydroxyl groups excluding tert-OH is 6. The zero-order chi connectivity index (χ0) is 30.4. The molecule has 238 valence electrons. The number of furan rings is 1. The molecule has 1 saturated carbocycles. The van der Waals surface area contributed by atoms with E-state index < -0.39 is 61.9 Å². The van der Waals surface area contributed by atoms with Gasteiger partial charge in [0.2, 0.25) is 0 Å². The maximum atomic E-state index is 10.9. The number of allylic oxidation sites excluding steroid dienone is 2. The van der Waals surface area contributed by atoms with Crippen LogP contribution in [0.1, 0.15) is 65.4 Å². The summed E-state index contributed by atoms with van der Waals surface area (Å²) < 4.78 is 29.1. The average molecular weight is 597 g/mol. The van der Waals surface area contributed by atoms with E-state index in [0.717, 1.165) is 38.5 Å². The number of hydrogen-bond acceptors (Lipinski definition) is 11. The van der Waals surface area contributed by atoms with Gasteiger partial charge in [0.05, 0.1) is 31.8 Å². The van der Waals surface area contributed by atoms with Gasteiger partial charge in [0.15, 0.2) is 12.6 Å². The maximum absolute atomic E-state index is 10.9. The zero-order valence-corrected chi connectivity index (χ0v) is 25.0. The van der Waals surface area contributed by atoms with Gasteiger partial charge < -0.3 is 54.0 Å². The fraction of sp³-hybridized carbons (Fsp3) is 0.806. The summed E-state index contributed by atoms with van der Waals surface area (Å²) in [5, 5.41) is 61.7. The molecule has 2 aliphatic heterocycles. The van der Waals surface area contributed by atoms with Gasteiger partial charge in [-0.1, -0.05) is 31.9 Å². The smallest absolute Gasteiger partial charge is 0.187 e. The molecule has 0 amide bonds. The molecule has 42 heavy (non-hydrogen) atoms. The van der Waals surface area contributed by atoms with E-state index in [-0.39, 0.29) is 23.5 Å². The highest BCUT2D eigenvalue weighted by Gasteiger charge is 2.56. The van der Waals surface area contributed by atoms with E-state index in [1.54, 1.807) is 6.26 Å². The third kappa shape index (κ3) is 5.85. The van der Waals surface area contributed by atoms with E-state index in [2.05, 4.69) is 27.7 Å². The first kappa shape index (κ1) is 32.0. The van der Waals surface area contributed by atoms with Crippen molar-refractivity contribution in [3.63, 3.8) is 0 Å². The van der Waals surface area contributed by atoms with E-state index in [9.17, 15) is 30.6 Å². The summed E-state index contributed by atoms with van der Waals surface area (Å²) in [7, 11) is 0. The van der Waals surface area contributed by atoms with Crippen LogP contribution in [0.25, 0.3) is 0 Å². The second-order valence-electron chi connectivity index (χ2n) is 13.4. The molecule has 2 aliphatic carbocycles. The summed E-state index contributed by atoms with van der Waals surface area (Å²) in [6.07, 6.45) is -3.72. The Hall–Kier alpha value is -1.38. The molecule has 1 unspecified atom stereocenters. The molecule has 6 N–H and O–H groups in total. The van der Waals surface area contributed by atoms with Gasteiger partial charge in [-0.3, -0.25) is 0 Å². The highest BCUT2D eigenvalue weighted by molar-refractivity contribution is 5.29. The minimum atomic E-state index is -1.67. The van der Waals surface area contributed by atoms with E-state index >= 15 is 0 Å². The first-order chi connectivity index (χ1) is 19.9. The van der Waals surface area contributed by atoms with Crippen LogP contribution in [0, 0.1) is 16.7 Å². The minimum absolute atomic E-state index is 0.00475. The van der Waals surface area contributed by atoms with Crippen LogP contribution in [0.4, 0.5) is 0 Å². The summed E-state index contributed by atoms with van der Waals surface area (Å²) in [5.74, 6) is 0.329. The Bertz CT molecular complexity index is 1070. The van der Waals surface area contributed by atoms with Gasteiger partial charge in [-0.05, 0) is 73.8 Å². The molecule has 12 atom stereocenters. The predicted molar refractivity (Wildman–Crippen MR) is 149 cm³/mol. The van der Waals surface area contributed by atoms with Crippen LogP contribution in [-0.2, 0) is 25.4 Å². The van der Waals surface area contributed by atoms with Crippen LogP contribution in [0.5, 0.6) is 0 Å². The van der Waals surface area contributed by atoms with Crippen LogP contribution in [0.3, 0.4) is 0 Å². The Balaban J connectivity index is 1.32. The third-order valence-electron chi connectivity index (χ3n) is 10.5.